The molecule has 0 amide bonds. The van der Waals surface area contributed by atoms with E-state index in [0.29, 0.717) is 13.1 Å². The molecular formula is C13H18N2O5S. The highest BCUT2D eigenvalue weighted by atomic mass is 32.2. The van der Waals surface area contributed by atoms with Crippen LogP contribution in [0.5, 0.6) is 0 Å². The van der Waals surface area contributed by atoms with Gasteiger partial charge in [0.15, 0.2) is 9.84 Å². The molecule has 1 saturated heterocycles. The van der Waals surface area contributed by atoms with E-state index in [4.69, 9.17) is 0 Å². The van der Waals surface area contributed by atoms with Gasteiger partial charge in [-0.2, -0.15) is 0 Å². The minimum atomic E-state index is -3.19. The Balaban J connectivity index is 2.10. The van der Waals surface area contributed by atoms with Crippen molar-refractivity contribution in [2.24, 2.45) is 0 Å². The second kappa shape index (κ2) is 6.08. The van der Waals surface area contributed by atoms with Crippen LogP contribution in [0.15, 0.2) is 24.3 Å². The normalized spacial score (nSPS) is 24.3. The van der Waals surface area contributed by atoms with Crippen LogP contribution in [0.1, 0.15) is 12.5 Å². The summed E-state index contributed by atoms with van der Waals surface area (Å²) in [7, 11) is -3.19. The van der Waals surface area contributed by atoms with Crippen molar-refractivity contribution in [1.29, 1.82) is 0 Å². The van der Waals surface area contributed by atoms with E-state index in [2.05, 4.69) is 0 Å². The SMILES string of the molecule is CCN(Cc1ccc([N+](=O)[O-])cc1)[C@@H]1CS(=O)(=O)C[C@H]1O. The molecule has 7 nitrogen and oxygen atoms in total. The number of rotatable bonds is 5. The third kappa shape index (κ3) is 3.78. The highest BCUT2D eigenvalue weighted by Gasteiger charge is 2.39. The van der Waals surface area contributed by atoms with Gasteiger partial charge in [-0.3, -0.25) is 15.0 Å². The molecule has 0 bridgehead atoms. The zero-order chi connectivity index (χ0) is 15.6. The summed E-state index contributed by atoms with van der Waals surface area (Å²) in [6.07, 6.45) is -0.881. The van der Waals surface area contributed by atoms with Crippen LogP contribution < -0.4 is 0 Å². The standard InChI is InChI=1S/C13H18N2O5S/c1-2-14(12-8-21(19,20)9-13(12)16)7-10-3-5-11(6-4-10)15(17)18/h3-6,12-13,16H,2,7-9H2,1H3/t12-,13-/m1/s1. The fraction of sp³-hybridized carbons (Fsp3) is 0.538. The monoisotopic (exact) mass is 314 g/mol. The molecule has 0 radical (unpaired) electrons. The number of hydrogen-bond acceptors (Lipinski definition) is 6. The second-order valence-corrected chi connectivity index (χ2v) is 7.35. The molecule has 1 aromatic rings. The molecule has 8 heteroatoms. The van der Waals surface area contributed by atoms with Crippen molar-refractivity contribution in [1.82, 2.24) is 4.90 Å². The second-order valence-electron chi connectivity index (χ2n) is 5.20. The highest BCUT2D eigenvalue weighted by Crippen LogP contribution is 2.21. The Hall–Kier alpha value is -1.51. The van der Waals surface area contributed by atoms with Gasteiger partial charge < -0.3 is 5.11 Å². The van der Waals surface area contributed by atoms with Crippen LogP contribution in [0, 0.1) is 10.1 Å². The van der Waals surface area contributed by atoms with Crippen LogP contribution in [-0.4, -0.2) is 53.5 Å². The third-order valence-electron chi connectivity index (χ3n) is 3.70. The lowest BCUT2D eigenvalue weighted by Crippen LogP contribution is -2.42. The van der Waals surface area contributed by atoms with Crippen LogP contribution in [0.2, 0.25) is 0 Å². The highest BCUT2D eigenvalue weighted by molar-refractivity contribution is 7.91. The minimum absolute atomic E-state index is 0.0188. The minimum Gasteiger partial charge on any atom is -0.390 e. The van der Waals surface area contributed by atoms with Crippen molar-refractivity contribution in [3.63, 3.8) is 0 Å². The van der Waals surface area contributed by atoms with Gasteiger partial charge in [0, 0.05) is 18.7 Å². The first kappa shape index (κ1) is 15.9. The van der Waals surface area contributed by atoms with Crippen LogP contribution >= 0.6 is 0 Å². The van der Waals surface area contributed by atoms with Crippen molar-refractivity contribution < 1.29 is 18.4 Å². The van der Waals surface area contributed by atoms with Crippen molar-refractivity contribution in [2.75, 3.05) is 18.1 Å². The number of nitrogens with zero attached hydrogens (tertiary/aromatic N) is 2. The Kier molecular flexibility index (Phi) is 4.60. The first-order valence-electron chi connectivity index (χ1n) is 6.68. The molecule has 1 aromatic carbocycles. The average Bonchev–Trinajstić information content (AvgIpc) is 2.69. The van der Waals surface area contributed by atoms with Crippen LogP contribution in [0.3, 0.4) is 0 Å². The summed E-state index contributed by atoms with van der Waals surface area (Å²) in [5.41, 5.74) is 0.865. The van der Waals surface area contributed by atoms with Crippen molar-refractivity contribution in [2.45, 2.75) is 25.6 Å². The molecule has 1 heterocycles. The Morgan fingerprint density at radius 3 is 2.38 bits per heavy atom. The predicted molar refractivity (Wildman–Crippen MR) is 77.6 cm³/mol. The summed E-state index contributed by atoms with van der Waals surface area (Å²) < 4.78 is 23.2. The lowest BCUT2D eigenvalue weighted by Gasteiger charge is -2.28. The summed E-state index contributed by atoms with van der Waals surface area (Å²) in [6, 6.07) is 5.72. The first-order valence-corrected chi connectivity index (χ1v) is 8.50. The maximum Gasteiger partial charge on any atom is 0.269 e. The van der Waals surface area contributed by atoms with Crippen LogP contribution in [0.4, 0.5) is 5.69 Å². The Morgan fingerprint density at radius 1 is 1.33 bits per heavy atom. The largest absolute Gasteiger partial charge is 0.390 e. The van der Waals surface area contributed by atoms with Gasteiger partial charge in [0.2, 0.25) is 0 Å². The average molecular weight is 314 g/mol. The van der Waals surface area contributed by atoms with Gasteiger partial charge in [-0.15, -0.1) is 0 Å². The molecule has 0 aliphatic carbocycles. The van der Waals surface area contributed by atoms with E-state index in [-0.39, 0.29) is 17.2 Å². The fourth-order valence-corrected chi connectivity index (χ4v) is 4.41. The van der Waals surface area contributed by atoms with Crippen LogP contribution in [-0.2, 0) is 16.4 Å². The number of benzene rings is 1. The summed E-state index contributed by atoms with van der Waals surface area (Å²) >= 11 is 0. The topological polar surface area (TPSA) is 101 Å². The number of non-ortho nitro benzene ring substituents is 1. The van der Waals surface area contributed by atoms with E-state index < -0.39 is 26.9 Å². The summed E-state index contributed by atoms with van der Waals surface area (Å²) in [4.78, 5) is 12.0. The van der Waals surface area contributed by atoms with E-state index in [1.54, 1.807) is 12.1 Å². The van der Waals surface area contributed by atoms with Crippen molar-refractivity contribution >= 4 is 15.5 Å². The number of sulfone groups is 1. The molecule has 1 aliphatic rings. The molecule has 2 rings (SSSR count). The Morgan fingerprint density at radius 2 is 1.95 bits per heavy atom. The van der Waals surface area contributed by atoms with E-state index in [9.17, 15) is 23.6 Å². The lowest BCUT2D eigenvalue weighted by atomic mass is 10.1. The van der Waals surface area contributed by atoms with Crippen molar-refractivity contribution in [3.05, 3.63) is 39.9 Å². The summed E-state index contributed by atoms with van der Waals surface area (Å²) in [5.74, 6) is -0.247. The Bertz CT molecular complexity index is 614. The van der Waals surface area contributed by atoms with E-state index >= 15 is 0 Å². The number of likely N-dealkylation sites (N-methyl/N-ethyl adjacent to an activating group) is 1. The third-order valence-corrected chi connectivity index (χ3v) is 5.40. The van der Waals surface area contributed by atoms with E-state index in [1.807, 2.05) is 11.8 Å². The van der Waals surface area contributed by atoms with Gasteiger partial charge >= 0.3 is 0 Å². The molecule has 21 heavy (non-hydrogen) atoms. The molecule has 1 aliphatic heterocycles. The number of aliphatic hydroxyl groups excluding tert-OH is 1. The molecule has 0 saturated carbocycles. The molecular weight excluding hydrogens is 296 g/mol. The zero-order valence-corrected chi connectivity index (χ0v) is 12.5. The van der Waals surface area contributed by atoms with Crippen LogP contribution in [0.25, 0.3) is 0 Å². The fourth-order valence-electron chi connectivity index (χ4n) is 2.58. The number of hydrogen-bond donors (Lipinski definition) is 1. The maximum atomic E-state index is 11.6. The molecule has 0 aromatic heterocycles. The van der Waals surface area contributed by atoms with Gasteiger partial charge in [-0.1, -0.05) is 19.1 Å². The van der Waals surface area contributed by atoms with Gasteiger partial charge in [0.1, 0.15) is 0 Å². The number of aliphatic hydroxyl groups is 1. The number of nitro groups is 1. The smallest absolute Gasteiger partial charge is 0.269 e. The Labute approximate surface area is 123 Å². The van der Waals surface area contributed by atoms with Gasteiger partial charge in [0.05, 0.1) is 28.6 Å². The quantitative estimate of drug-likeness (QED) is 0.630. The molecule has 0 unspecified atom stereocenters. The first-order chi connectivity index (χ1) is 9.82. The predicted octanol–water partition coefficient (Wildman–Crippen LogP) is 0.575. The number of nitro benzene ring substituents is 1. The van der Waals surface area contributed by atoms with Gasteiger partial charge in [-0.25, -0.2) is 8.42 Å². The van der Waals surface area contributed by atoms with Gasteiger partial charge in [-0.05, 0) is 12.1 Å². The summed E-state index contributed by atoms with van der Waals surface area (Å²) in [6.45, 7) is 2.93. The maximum absolute atomic E-state index is 11.6. The van der Waals surface area contributed by atoms with E-state index in [1.165, 1.54) is 12.1 Å². The lowest BCUT2D eigenvalue weighted by molar-refractivity contribution is -0.384. The van der Waals surface area contributed by atoms with Gasteiger partial charge in [0.25, 0.3) is 5.69 Å². The van der Waals surface area contributed by atoms with Crippen molar-refractivity contribution in [3.8, 4) is 0 Å². The molecule has 0 spiro atoms. The molecule has 1 fully saturated rings. The van der Waals surface area contributed by atoms with E-state index in [0.717, 1.165) is 5.56 Å². The molecule has 116 valence electrons. The molecule has 1 N–H and O–H groups in total. The summed E-state index contributed by atoms with van der Waals surface area (Å²) in [5, 5.41) is 20.5. The molecule has 2 atom stereocenters. The zero-order valence-electron chi connectivity index (χ0n) is 11.7.